The summed E-state index contributed by atoms with van der Waals surface area (Å²) in [5.41, 5.74) is 2.31. The van der Waals surface area contributed by atoms with Gasteiger partial charge in [-0.2, -0.15) is 0 Å². The Hall–Kier alpha value is 0.840. The summed E-state index contributed by atoms with van der Waals surface area (Å²) in [5, 5.41) is 0. The van der Waals surface area contributed by atoms with Crippen molar-refractivity contribution in [3.8, 4) is 0 Å². The minimum Gasteiger partial charge on any atom is -0.244 e. The third-order valence-corrected chi connectivity index (χ3v) is 5.09. The molecule has 0 aromatic carbocycles. The summed E-state index contributed by atoms with van der Waals surface area (Å²) in [4.78, 5) is 4.30. The van der Waals surface area contributed by atoms with Crippen LogP contribution >= 0.6 is 54.5 Å². The zero-order chi connectivity index (χ0) is 8.59. The van der Waals surface area contributed by atoms with E-state index in [-0.39, 0.29) is 0 Å². The second-order valence-corrected chi connectivity index (χ2v) is 4.86. The van der Waals surface area contributed by atoms with Crippen LogP contribution < -0.4 is 0 Å². The van der Waals surface area contributed by atoms with Crippen molar-refractivity contribution < 1.29 is 0 Å². The second kappa shape index (κ2) is 3.70. The van der Waals surface area contributed by atoms with Crippen molar-refractivity contribution in [2.45, 2.75) is 13.8 Å². The van der Waals surface area contributed by atoms with Gasteiger partial charge in [0.15, 0.2) is 0 Å². The lowest BCUT2D eigenvalue weighted by molar-refractivity contribution is 1.10. The first-order valence-corrected chi connectivity index (χ1v) is 5.68. The van der Waals surface area contributed by atoms with Gasteiger partial charge in [0, 0.05) is 3.57 Å². The molecule has 60 valence electrons. The average molecular weight is 391 g/mol. The largest absolute Gasteiger partial charge is 0.244 e. The van der Waals surface area contributed by atoms with Crippen LogP contribution in [0.25, 0.3) is 0 Å². The minimum absolute atomic E-state index is 0.882. The number of nitrogens with zero attached hydrogens (tertiary/aromatic N) is 1. The number of rotatable bonds is 0. The highest BCUT2D eigenvalue weighted by atomic mass is 127. The smallest absolute Gasteiger partial charge is 0.120 e. The maximum atomic E-state index is 4.30. The molecule has 11 heavy (non-hydrogen) atoms. The molecule has 0 aliphatic rings. The number of pyridine rings is 1. The molecule has 1 aromatic rings. The van der Waals surface area contributed by atoms with E-state index in [0.29, 0.717) is 0 Å². The van der Waals surface area contributed by atoms with Crippen LogP contribution in [0.5, 0.6) is 0 Å². The number of halogens is 3. The van der Waals surface area contributed by atoms with Gasteiger partial charge in [0.2, 0.25) is 0 Å². The summed E-state index contributed by atoms with van der Waals surface area (Å²) in [6.07, 6.45) is 0. The van der Waals surface area contributed by atoms with E-state index in [1.165, 1.54) is 9.13 Å². The van der Waals surface area contributed by atoms with Crippen LogP contribution in [0.4, 0.5) is 0 Å². The summed E-state index contributed by atoms with van der Waals surface area (Å²) in [7, 11) is 0. The molecule has 0 radical (unpaired) electrons. The van der Waals surface area contributed by atoms with Crippen molar-refractivity contribution in [3.05, 3.63) is 23.9 Å². The number of aryl methyl sites for hydroxylation is 1. The molecule has 0 fully saturated rings. The van der Waals surface area contributed by atoms with Crippen molar-refractivity contribution in [2.75, 3.05) is 0 Å². The fraction of sp³-hybridized carbons (Fsp3) is 0.286. The fourth-order valence-electron chi connectivity index (χ4n) is 0.768. The Balaban J connectivity index is 3.46. The monoisotopic (exact) mass is 389 g/mol. The van der Waals surface area contributed by atoms with Crippen LogP contribution in [-0.4, -0.2) is 4.98 Å². The Morgan fingerprint density at radius 2 is 1.82 bits per heavy atom. The summed E-state index contributed by atoms with van der Waals surface area (Å²) in [5.74, 6) is 0. The van der Waals surface area contributed by atoms with Gasteiger partial charge in [-0.25, -0.2) is 4.98 Å². The van der Waals surface area contributed by atoms with Gasteiger partial charge in [-0.15, -0.1) is 0 Å². The predicted octanol–water partition coefficient (Wildman–Crippen LogP) is 3.83. The van der Waals surface area contributed by atoms with Crippen LogP contribution in [0.1, 0.15) is 11.3 Å². The summed E-state index contributed by atoms with van der Waals surface area (Å²) < 4.78 is 3.15. The van der Waals surface area contributed by atoms with Gasteiger partial charge in [0.05, 0.1) is 10.2 Å². The van der Waals surface area contributed by atoms with Gasteiger partial charge in [0.1, 0.15) is 4.60 Å². The van der Waals surface area contributed by atoms with E-state index in [2.05, 4.69) is 66.4 Å². The van der Waals surface area contributed by atoms with Crippen molar-refractivity contribution in [3.63, 3.8) is 0 Å². The third kappa shape index (κ3) is 1.95. The zero-order valence-corrected chi connectivity index (χ0v) is 11.4. The quantitative estimate of drug-likeness (QED) is 0.484. The molecule has 0 saturated carbocycles. The normalized spacial score (nSPS) is 10.3. The fourth-order valence-corrected chi connectivity index (χ4v) is 2.38. The van der Waals surface area contributed by atoms with E-state index in [4.69, 9.17) is 0 Å². The van der Waals surface area contributed by atoms with Gasteiger partial charge in [-0.05, 0) is 73.9 Å². The van der Waals surface area contributed by atoms with Gasteiger partial charge < -0.3 is 0 Å². The SMILES string of the molecule is Cc1nc(Br)c(Br)c(C)c1I. The molecular formula is C7H6Br2IN. The Kier molecular flexibility index (Phi) is 3.34. The van der Waals surface area contributed by atoms with E-state index < -0.39 is 0 Å². The molecule has 0 saturated heterocycles. The summed E-state index contributed by atoms with van der Waals surface area (Å²) >= 11 is 9.12. The molecule has 0 bridgehead atoms. The van der Waals surface area contributed by atoms with Crippen LogP contribution in [-0.2, 0) is 0 Å². The molecule has 0 atom stereocenters. The molecule has 0 unspecified atom stereocenters. The first-order chi connectivity index (χ1) is 5.04. The Bertz CT molecular complexity index is 273. The molecule has 0 spiro atoms. The van der Waals surface area contributed by atoms with Crippen molar-refractivity contribution >= 4 is 54.5 Å². The van der Waals surface area contributed by atoms with Crippen molar-refractivity contribution in [1.82, 2.24) is 4.98 Å². The molecule has 0 aliphatic heterocycles. The molecule has 4 heteroatoms. The molecule has 0 aliphatic carbocycles. The van der Waals surface area contributed by atoms with Crippen LogP contribution in [0, 0.1) is 17.4 Å². The van der Waals surface area contributed by atoms with Crippen LogP contribution in [0.15, 0.2) is 9.08 Å². The van der Waals surface area contributed by atoms with Crippen molar-refractivity contribution in [2.24, 2.45) is 0 Å². The molecule has 1 nitrogen and oxygen atoms in total. The molecule has 1 heterocycles. The first-order valence-electron chi connectivity index (χ1n) is 3.01. The van der Waals surface area contributed by atoms with Gasteiger partial charge in [0.25, 0.3) is 0 Å². The van der Waals surface area contributed by atoms with Gasteiger partial charge in [-0.1, -0.05) is 0 Å². The standard InChI is InChI=1S/C7H6Br2IN/c1-3-5(8)7(9)11-4(2)6(3)10/h1-2H3. The second-order valence-electron chi connectivity index (χ2n) is 2.24. The minimum atomic E-state index is 0.882. The molecule has 0 N–H and O–H groups in total. The topological polar surface area (TPSA) is 12.9 Å². The van der Waals surface area contributed by atoms with E-state index in [1.54, 1.807) is 0 Å². The predicted molar refractivity (Wildman–Crippen MR) is 61.8 cm³/mol. The Labute approximate surface area is 96.4 Å². The van der Waals surface area contributed by atoms with E-state index in [1.807, 2.05) is 6.92 Å². The van der Waals surface area contributed by atoms with Crippen LogP contribution in [0.2, 0.25) is 0 Å². The van der Waals surface area contributed by atoms with Crippen molar-refractivity contribution in [1.29, 1.82) is 0 Å². The number of aromatic nitrogens is 1. The van der Waals surface area contributed by atoms with Gasteiger partial charge in [-0.3, -0.25) is 0 Å². The van der Waals surface area contributed by atoms with E-state index >= 15 is 0 Å². The summed E-state index contributed by atoms with van der Waals surface area (Å²) in [6, 6.07) is 0. The maximum absolute atomic E-state index is 4.30. The van der Waals surface area contributed by atoms with E-state index in [0.717, 1.165) is 14.8 Å². The highest BCUT2D eigenvalue weighted by Gasteiger charge is 2.07. The Morgan fingerprint density at radius 3 is 2.36 bits per heavy atom. The van der Waals surface area contributed by atoms with Gasteiger partial charge >= 0.3 is 0 Å². The highest BCUT2D eigenvalue weighted by molar-refractivity contribution is 14.1. The lowest BCUT2D eigenvalue weighted by Gasteiger charge is -2.05. The number of hydrogen-bond donors (Lipinski definition) is 0. The molecule has 1 aromatic heterocycles. The molecule has 0 amide bonds. The third-order valence-electron chi connectivity index (χ3n) is 1.42. The zero-order valence-electron chi connectivity index (χ0n) is 6.08. The summed E-state index contributed by atoms with van der Waals surface area (Å²) in [6.45, 7) is 4.08. The lowest BCUT2D eigenvalue weighted by Crippen LogP contribution is -1.93. The van der Waals surface area contributed by atoms with Crippen LogP contribution in [0.3, 0.4) is 0 Å². The van der Waals surface area contributed by atoms with E-state index in [9.17, 15) is 0 Å². The molecular weight excluding hydrogens is 385 g/mol. The molecule has 1 rings (SSSR count). The number of hydrogen-bond acceptors (Lipinski definition) is 1. The average Bonchev–Trinajstić information content (AvgIpc) is 1.97. The lowest BCUT2D eigenvalue weighted by atomic mass is 10.2. The highest BCUT2D eigenvalue weighted by Crippen LogP contribution is 2.29. The first kappa shape index (κ1) is 9.92. The Morgan fingerprint density at radius 1 is 1.27 bits per heavy atom. The maximum Gasteiger partial charge on any atom is 0.120 e.